The van der Waals surface area contributed by atoms with Crippen molar-refractivity contribution in [3.05, 3.63) is 35.4 Å². The standard InChI is InChI=1S/C12H14F2O3S/c1-18(16,17)11-3-2-6-12(11,15)9-7-8(13)4-5-10(9)14/h4-5,7,11,15H,2-3,6H2,1H3. The van der Waals surface area contributed by atoms with Crippen molar-refractivity contribution >= 4 is 9.84 Å². The van der Waals surface area contributed by atoms with E-state index in [-0.39, 0.29) is 18.4 Å². The minimum Gasteiger partial charge on any atom is -0.384 e. The van der Waals surface area contributed by atoms with Crippen LogP contribution in [0.4, 0.5) is 8.78 Å². The van der Waals surface area contributed by atoms with Crippen molar-refractivity contribution in [3.63, 3.8) is 0 Å². The zero-order valence-electron chi connectivity index (χ0n) is 9.86. The molecule has 6 heteroatoms. The average molecular weight is 276 g/mol. The smallest absolute Gasteiger partial charge is 0.153 e. The van der Waals surface area contributed by atoms with Gasteiger partial charge in [-0.2, -0.15) is 0 Å². The van der Waals surface area contributed by atoms with Gasteiger partial charge in [0.2, 0.25) is 0 Å². The average Bonchev–Trinajstić information content (AvgIpc) is 2.65. The van der Waals surface area contributed by atoms with E-state index in [2.05, 4.69) is 0 Å². The molecule has 2 atom stereocenters. The summed E-state index contributed by atoms with van der Waals surface area (Å²) < 4.78 is 50.2. The van der Waals surface area contributed by atoms with Gasteiger partial charge in [0.05, 0.1) is 5.25 Å². The molecule has 1 saturated carbocycles. The summed E-state index contributed by atoms with van der Waals surface area (Å²) in [6, 6.07) is 2.71. The van der Waals surface area contributed by atoms with Crippen LogP contribution in [-0.2, 0) is 15.4 Å². The molecule has 1 fully saturated rings. The van der Waals surface area contributed by atoms with Crippen molar-refractivity contribution in [2.45, 2.75) is 30.1 Å². The Morgan fingerprint density at radius 2 is 2.06 bits per heavy atom. The first-order valence-corrected chi connectivity index (χ1v) is 7.57. The van der Waals surface area contributed by atoms with Crippen LogP contribution in [-0.4, -0.2) is 25.0 Å². The number of halogens is 2. The second-order valence-corrected chi connectivity index (χ2v) is 6.99. The molecular weight excluding hydrogens is 262 g/mol. The van der Waals surface area contributed by atoms with Crippen molar-refractivity contribution in [2.24, 2.45) is 0 Å². The van der Waals surface area contributed by atoms with Crippen molar-refractivity contribution in [2.75, 3.05) is 6.26 Å². The molecule has 0 bridgehead atoms. The number of aliphatic hydroxyl groups is 1. The van der Waals surface area contributed by atoms with Gasteiger partial charge in [0.25, 0.3) is 0 Å². The highest BCUT2D eigenvalue weighted by Crippen LogP contribution is 2.43. The Bertz CT molecular complexity index is 571. The fourth-order valence-electron chi connectivity index (χ4n) is 2.66. The molecule has 1 N–H and O–H groups in total. The van der Waals surface area contributed by atoms with Gasteiger partial charge in [-0.05, 0) is 37.5 Å². The van der Waals surface area contributed by atoms with Crippen molar-refractivity contribution in [1.29, 1.82) is 0 Å². The van der Waals surface area contributed by atoms with Gasteiger partial charge in [-0.25, -0.2) is 17.2 Å². The van der Waals surface area contributed by atoms with Crippen LogP contribution in [0, 0.1) is 11.6 Å². The summed E-state index contributed by atoms with van der Waals surface area (Å²) in [4.78, 5) is 0. The van der Waals surface area contributed by atoms with Gasteiger partial charge in [-0.3, -0.25) is 0 Å². The molecule has 100 valence electrons. The molecule has 1 aliphatic carbocycles. The van der Waals surface area contributed by atoms with E-state index in [1.54, 1.807) is 0 Å². The highest BCUT2D eigenvalue weighted by Gasteiger charge is 2.49. The SMILES string of the molecule is CS(=O)(=O)C1CCCC1(O)c1cc(F)ccc1F. The second kappa shape index (κ2) is 4.28. The molecule has 0 spiro atoms. The van der Waals surface area contributed by atoms with Crippen molar-refractivity contribution in [1.82, 2.24) is 0 Å². The Hall–Kier alpha value is -1.01. The molecule has 2 unspecified atom stereocenters. The van der Waals surface area contributed by atoms with Gasteiger partial charge in [0, 0.05) is 11.8 Å². The van der Waals surface area contributed by atoms with Crippen LogP contribution >= 0.6 is 0 Å². The van der Waals surface area contributed by atoms with Gasteiger partial charge >= 0.3 is 0 Å². The van der Waals surface area contributed by atoms with E-state index in [0.717, 1.165) is 24.5 Å². The number of benzene rings is 1. The van der Waals surface area contributed by atoms with Crippen LogP contribution in [0.2, 0.25) is 0 Å². The first-order chi connectivity index (χ1) is 8.25. The lowest BCUT2D eigenvalue weighted by atomic mass is 9.91. The Labute approximate surface area is 104 Å². The highest BCUT2D eigenvalue weighted by molar-refractivity contribution is 7.91. The maximum Gasteiger partial charge on any atom is 0.153 e. The molecule has 1 aliphatic rings. The van der Waals surface area contributed by atoms with E-state index in [9.17, 15) is 22.3 Å². The van der Waals surface area contributed by atoms with Gasteiger partial charge in [0.15, 0.2) is 9.84 Å². The van der Waals surface area contributed by atoms with E-state index in [1.807, 2.05) is 0 Å². The van der Waals surface area contributed by atoms with Crippen LogP contribution in [0.5, 0.6) is 0 Å². The summed E-state index contributed by atoms with van der Waals surface area (Å²) in [5.41, 5.74) is -2.10. The topological polar surface area (TPSA) is 54.4 Å². The van der Waals surface area contributed by atoms with Crippen LogP contribution in [0.15, 0.2) is 18.2 Å². The quantitative estimate of drug-likeness (QED) is 0.895. The molecule has 2 rings (SSSR count). The molecule has 1 aromatic carbocycles. The molecule has 0 aromatic heterocycles. The monoisotopic (exact) mass is 276 g/mol. The molecule has 0 amide bonds. The van der Waals surface area contributed by atoms with Crippen molar-refractivity contribution in [3.8, 4) is 0 Å². The molecule has 0 aliphatic heterocycles. The molecule has 0 saturated heterocycles. The summed E-state index contributed by atoms with van der Waals surface area (Å²) in [5.74, 6) is -1.48. The third kappa shape index (κ3) is 2.14. The Kier molecular flexibility index (Phi) is 3.19. The predicted molar refractivity (Wildman–Crippen MR) is 62.7 cm³/mol. The van der Waals surface area contributed by atoms with Crippen LogP contribution < -0.4 is 0 Å². The maximum absolute atomic E-state index is 13.7. The molecular formula is C12H14F2O3S. The van der Waals surface area contributed by atoms with Crippen LogP contribution in [0.1, 0.15) is 24.8 Å². The molecule has 0 radical (unpaired) electrons. The summed E-state index contributed by atoms with van der Waals surface area (Å²) in [6.07, 6.45) is 1.84. The van der Waals surface area contributed by atoms with E-state index in [1.165, 1.54) is 0 Å². The lowest BCUT2D eigenvalue weighted by Gasteiger charge is -2.29. The number of sulfone groups is 1. The summed E-state index contributed by atoms with van der Waals surface area (Å²) in [5, 5.41) is 9.40. The van der Waals surface area contributed by atoms with E-state index < -0.39 is 32.3 Å². The summed E-state index contributed by atoms with van der Waals surface area (Å²) >= 11 is 0. The first-order valence-electron chi connectivity index (χ1n) is 5.62. The first kappa shape index (κ1) is 13.4. The van der Waals surface area contributed by atoms with E-state index in [0.29, 0.717) is 6.42 Å². The van der Waals surface area contributed by atoms with Gasteiger partial charge in [-0.15, -0.1) is 0 Å². The van der Waals surface area contributed by atoms with Gasteiger partial charge in [0.1, 0.15) is 17.2 Å². The molecule has 0 heterocycles. The lowest BCUT2D eigenvalue weighted by Crippen LogP contribution is -2.40. The lowest BCUT2D eigenvalue weighted by molar-refractivity contribution is 0.0436. The fourth-order valence-corrected chi connectivity index (χ4v) is 4.21. The van der Waals surface area contributed by atoms with E-state index in [4.69, 9.17) is 0 Å². The molecule has 3 nitrogen and oxygen atoms in total. The largest absolute Gasteiger partial charge is 0.384 e. The van der Waals surface area contributed by atoms with E-state index >= 15 is 0 Å². The van der Waals surface area contributed by atoms with Crippen LogP contribution in [0.25, 0.3) is 0 Å². The Balaban J connectivity index is 2.57. The van der Waals surface area contributed by atoms with Crippen molar-refractivity contribution < 1.29 is 22.3 Å². The number of rotatable bonds is 2. The molecule has 1 aromatic rings. The number of hydrogen-bond acceptors (Lipinski definition) is 3. The third-order valence-electron chi connectivity index (χ3n) is 3.47. The highest BCUT2D eigenvalue weighted by atomic mass is 32.2. The minimum absolute atomic E-state index is 0.116. The fraction of sp³-hybridized carbons (Fsp3) is 0.500. The van der Waals surface area contributed by atoms with Gasteiger partial charge in [-0.1, -0.05) is 0 Å². The zero-order chi connectivity index (χ0) is 13.6. The van der Waals surface area contributed by atoms with Crippen LogP contribution in [0.3, 0.4) is 0 Å². The second-order valence-electron chi connectivity index (χ2n) is 4.76. The normalized spacial score (nSPS) is 28.6. The van der Waals surface area contributed by atoms with Gasteiger partial charge < -0.3 is 5.11 Å². The zero-order valence-corrected chi connectivity index (χ0v) is 10.7. The summed E-state index contributed by atoms with van der Waals surface area (Å²) in [7, 11) is -3.53. The maximum atomic E-state index is 13.7. The third-order valence-corrected chi connectivity index (χ3v) is 5.13. The Morgan fingerprint density at radius 3 is 2.67 bits per heavy atom. The summed E-state index contributed by atoms with van der Waals surface area (Å²) in [6.45, 7) is 0. The molecule has 18 heavy (non-hydrogen) atoms. The predicted octanol–water partition coefficient (Wildman–Crippen LogP) is 1.75. The minimum atomic E-state index is -3.53. The Morgan fingerprint density at radius 1 is 1.39 bits per heavy atom. The number of hydrogen-bond donors (Lipinski definition) is 1.